The number of aromatic nitrogens is 8. The van der Waals surface area contributed by atoms with Gasteiger partial charge in [0.15, 0.2) is 5.65 Å². The van der Waals surface area contributed by atoms with Gasteiger partial charge in [-0.2, -0.15) is 5.10 Å². The largest absolute Gasteiger partial charge is 0.481 e. The molecule has 1 aliphatic rings. The second-order valence-corrected chi connectivity index (χ2v) is 8.06. The lowest BCUT2D eigenvalue weighted by molar-refractivity contribution is 0.395. The van der Waals surface area contributed by atoms with E-state index < -0.39 is 0 Å². The number of pyridine rings is 2. The Balaban J connectivity index is 1.31. The van der Waals surface area contributed by atoms with Gasteiger partial charge in [0.25, 0.3) is 0 Å². The average molecular weight is 454 g/mol. The Hall–Kier alpha value is -4.54. The molecule has 1 aliphatic heterocycles. The van der Waals surface area contributed by atoms with Crippen molar-refractivity contribution in [3.63, 3.8) is 0 Å². The zero-order valence-corrected chi connectivity index (χ0v) is 18.7. The maximum Gasteiger partial charge on any atom is 0.228 e. The second kappa shape index (κ2) is 8.10. The molecule has 6 heterocycles. The van der Waals surface area contributed by atoms with Crippen molar-refractivity contribution in [2.75, 3.05) is 24.3 Å². The maximum absolute atomic E-state index is 5.26. The molecule has 0 amide bonds. The molecule has 0 bridgehead atoms. The lowest BCUT2D eigenvalue weighted by atomic mass is 10.00. The Morgan fingerprint density at radius 2 is 2.06 bits per heavy atom. The smallest absolute Gasteiger partial charge is 0.228 e. The van der Waals surface area contributed by atoms with Crippen LogP contribution in [0.2, 0.25) is 0 Å². The highest BCUT2D eigenvalue weighted by molar-refractivity contribution is 5.71. The molecule has 0 aromatic carbocycles. The molecule has 0 saturated carbocycles. The summed E-state index contributed by atoms with van der Waals surface area (Å²) in [7, 11) is 3.48. The Morgan fingerprint density at radius 3 is 2.91 bits per heavy atom. The number of nitrogens with one attached hydrogen (secondary N) is 2. The van der Waals surface area contributed by atoms with Crippen molar-refractivity contribution in [2.45, 2.75) is 12.3 Å². The Bertz CT molecular complexity index is 1490. The fraction of sp³-hybridized carbons (Fsp3) is 0.217. The van der Waals surface area contributed by atoms with E-state index in [4.69, 9.17) is 4.74 Å². The van der Waals surface area contributed by atoms with Crippen LogP contribution < -0.4 is 15.4 Å². The van der Waals surface area contributed by atoms with E-state index in [2.05, 4.69) is 51.3 Å². The Kier molecular flexibility index (Phi) is 4.79. The molecule has 1 atom stereocenters. The highest BCUT2D eigenvalue weighted by Crippen LogP contribution is 2.31. The summed E-state index contributed by atoms with van der Waals surface area (Å²) < 4.78 is 9.05. The van der Waals surface area contributed by atoms with Gasteiger partial charge in [-0.3, -0.25) is 9.08 Å². The van der Waals surface area contributed by atoms with Crippen LogP contribution in [0.1, 0.15) is 17.4 Å². The third kappa shape index (κ3) is 3.56. The number of aryl methyl sites for hydroxylation is 1. The molecule has 34 heavy (non-hydrogen) atoms. The first-order chi connectivity index (χ1) is 16.7. The third-order valence-electron chi connectivity index (χ3n) is 5.88. The molecule has 0 aliphatic carbocycles. The van der Waals surface area contributed by atoms with Gasteiger partial charge in [0.1, 0.15) is 17.5 Å². The fourth-order valence-electron chi connectivity index (χ4n) is 4.20. The summed E-state index contributed by atoms with van der Waals surface area (Å²) in [5.41, 5.74) is 3.43. The predicted molar refractivity (Wildman–Crippen MR) is 126 cm³/mol. The molecule has 2 N–H and O–H groups in total. The van der Waals surface area contributed by atoms with Gasteiger partial charge in [0.05, 0.1) is 19.0 Å². The van der Waals surface area contributed by atoms with Crippen molar-refractivity contribution in [1.82, 2.24) is 39.3 Å². The average Bonchev–Trinajstić information content (AvgIpc) is 3.48. The van der Waals surface area contributed by atoms with Crippen molar-refractivity contribution >= 4 is 23.2 Å². The van der Waals surface area contributed by atoms with E-state index >= 15 is 0 Å². The zero-order valence-electron chi connectivity index (χ0n) is 18.7. The predicted octanol–water partition coefficient (Wildman–Crippen LogP) is 2.82. The van der Waals surface area contributed by atoms with Crippen LogP contribution in [0.5, 0.6) is 5.88 Å². The van der Waals surface area contributed by atoms with Crippen molar-refractivity contribution in [3.05, 3.63) is 66.4 Å². The van der Waals surface area contributed by atoms with E-state index in [1.807, 2.05) is 43.4 Å². The first-order valence-electron chi connectivity index (χ1n) is 10.9. The van der Waals surface area contributed by atoms with Gasteiger partial charge in [-0.25, -0.2) is 15.0 Å². The minimum absolute atomic E-state index is 0.140. The second-order valence-electron chi connectivity index (χ2n) is 8.06. The summed E-state index contributed by atoms with van der Waals surface area (Å²) in [6, 6.07) is 13.6. The summed E-state index contributed by atoms with van der Waals surface area (Å²) >= 11 is 0. The highest BCUT2D eigenvalue weighted by Gasteiger charge is 2.26. The first-order valence-corrected chi connectivity index (χ1v) is 10.9. The number of hydrogen-bond acceptors (Lipinski definition) is 9. The van der Waals surface area contributed by atoms with Gasteiger partial charge >= 0.3 is 0 Å². The third-order valence-corrected chi connectivity index (χ3v) is 5.88. The summed E-state index contributed by atoms with van der Waals surface area (Å²) in [6.45, 7) is 0.729. The molecule has 5 aromatic rings. The van der Waals surface area contributed by atoms with Crippen LogP contribution in [0, 0.1) is 0 Å². The minimum atomic E-state index is 0.140. The number of methoxy groups -OCH3 is 1. The van der Waals surface area contributed by atoms with Crippen molar-refractivity contribution in [3.8, 4) is 17.1 Å². The summed E-state index contributed by atoms with van der Waals surface area (Å²) in [6.07, 6.45) is 4.19. The molecule has 0 unspecified atom stereocenters. The van der Waals surface area contributed by atoms with Crippen LogP contribution >= 0.6 is 0 Å². The molecule has 170 valence electrons. The monoisotopic (exact) mass is 454 g/mol. The molecule has 0 spiro atoms. The van der Waals surface area contributed by atoms with Crippen LogP contribution in [-0.4, -0.2) is 53.0 Å². The molecular formula is C23H22N10O. The van der Waals surface area contributed by atoms with Gasteiger partial charge in [-0.15, -0.1) is 10.2 Å². The topological polar surface area (TPSA) is 120 Å². The van der Waals surface area contributed by atoms with Crippen molar-refractivity contribution < 1.29 is 4.74 Å². The highest BCUT2D eigenvalue weighted by atomic mass is 16.5. The van der Waals surface area contributed by atoms with Gasteiger partial charge < -0.3 is 15.4 Å². The number of anilines is 3. The number of rotatable bonds is 6. The van der Waals surface area contributed by atoms with Crippen LogP contribution in [-0.2, 0) is 13.5 Å². The van der Waals surface area contributed by atoms with Crippen molar-refractivity contribution in [1.29, 1.82) is 0 Å². The molecule has 0 radical (unpaired) electrons. The van der Waals surface area contributed by atoms with E-state index in [0.29, 0.717) is 11.8 Å². The SMILES string of the molecule is COc1cccc(C[C@H]2CNc3cc(-c4ccnc(Nc5ccnn5C)n4)cc4nnc2n34)n1. The number of nitrogens with zero attached hydrogens (tertiary/aromatic N) is 8. The standard InChI is InChI=1S/C23H22N10O/c1-32-18(7-9-26-32)29-23-24-8-6-17(28-23)14-11-19-25-13-15(22-31-30-20(12-14)33(19)22)10-16-4-3-5-21(27-16)34-2/h3-9,11-12,15,25H,10,13H2,1-2H3,(H,24,28,29)/t15-/m0/s1. The van der Waals surface area contributed by atoms with E-state index in [1.165, 1.54) is 0 Å². The summed E-state index contributed by atoms with van der Waals surface area (Å²) in [5, 5.41) is 19.9. The number of hydrogen-bond donors (Lipinski definition) is 2. The van der Waals surface area contributed by atoms with Crippen LogP contribution in [0.4, 0.5) is 17.6 Å². The normalized spacial score (nSPS) is 14.7. The van der Waals surface area contributed by atoms with Crippen molar-refractivity contribution in [2.24, 2.45) is 7.05 Å². The molecule has 6 rings (SSSR count). The molecule has 11 nitrogen and oxygen atoms in total. The molecule has 0 fully saturated rings. The van der Waals surface area contributed by atoms with Gasteiger partial charge in [-0.05, 0) is 24.3 Å². The molecule has 0 saturated heterocycles. The lowest BCUT2D eigenvalue weighted by Crippen LogP contribution is -2.24. The van der Waals surface area contributed by atoms with E-state index in [9.17, 15) is 0 Å². The quantitative estimate of drug-likeness (QED) is 0.399. The minimum Gasteiger partial charge on any atom is -0.481 e. The molecular weight excluding hydrogens is 432 g/mol. The molecule has 5 aromatic heterocycles. The summed E-state index contributed by atoms with van der Waals surface area (Å²) in [4.78, 5) is 13.6. The van der Waals surface area contributed by atoms with Gasteiger partial charge in [0.2, 0.25) is 11.8 Å². The van der Waals surface area contributed by atoms with E-state index in [-0.39, 0.29) is 5.92 Å². The molecule has 11 heteroatoms. The lowest BCUT2D eigenvalue weighted by Gasteiger charge is -2.24. The van der Waals surface area contributed by atoms with E-state index in [0.717, 1.165) is 53.0 Å². The maximum atomic E-state index is 5.26. The Morgan fingerprint density at radius 1 is 1.12 bits per heavy atom. The van der Waals surface area contributed by atoms with Crippen LogP contribution in [0.25, 0.3) is 16.9 Å². The van der Waals surface area contributed by atoms with Gasteiger partial charge in [-0.1, -0.05) is 6.07 Å². The first kappa shape index (κ1) is 20.1. The van der Waals surface area contributed by atoms with Crippen LogP contribution in [0.15, 0.2) is 54.9 Å². The number of ether oxygens (including phenoxy) is 1. The summed E-state index contributed by atoms with van der Waals surface area (Å²) in [5.74, 6) is 3.91. The zero-order chi connectivity index (χ0) is 23.1. The van der Waals surface area contributed by atoms with Gasteiger partial charge in [0, 0.05) is 55.5 Å². The fourth-order valence-corrected chi connectivity index (χ4v) is 4.20. The van der Waals surface area contributed by atoms with E-state index in [1.54, 1.807) is 24.2 Å². The van der Waals surface area contributed by atoms with Crippen LogP contribution in [0.3, 0.4) is 0 Å². The Labute approximate surface area is 194 Å².